The van der Waals surface area contributed by atoms with Gasteiger partial charge in [0.15, 0.2) is 4.84 Å². The van der Waals surface area contributed by atoms with Gasteiger partial charge in [-0.1, -0.05) is 41.4 Å². The molecule has 0 bridgehead atoms. The number of alkyl halides is 2. The minimum absolute atomic E-state index is 0.0642. The number of benzene rings is 1. The van der Waals surface area contributed by atoms with Crippen LogP contribution in [0.2, 0.25) is 0 Å². The Hall–Kier alpha value is -3.09. The predicted octanol–water partition coefficient (Wildman–Crippen LogP) is 3.50. The fraction of sp³-hybridized carbons (Fsp3) is 0.200. The number of aryl methyl sites for hydroxylation is 1. The highest BCUT2D eigenvalue weighted by Gasteiger charge is 2.24. The van der Waals surface area contributed by atoms with E-state index in [4.69, 9.17) is 23.2 Å². The summed E-state index contributed by atoms with van der Waals surface area (Å²) in [7, 11) is -4.35. The highest BCUT2D eigenvalue weighted by molar-refractivity contribution is 7.92. The van der Waals surface area contributed by atoms with Crippen LogP contribution in [0.5, 0.6) is 0 Å². The molecule has 3 rings (SSSR count). The lowest BCUT2D eigenvalue weighted by molar-refractivity contribution is -0.128. The van der Waals surface area contributed by atoms with E-state index in [0.717, 1.165) is 22.7 Å². The molecule has 0 unspecified atom stereocenters. The van der Waals surface area contributed by atoms with Gasteiger partial charge in [0.25, 0.3) is 26.9 Å². The lowest BCUT2D eigenvalue weighted by Gasteiger charge is -2.19. The molecule has 1 amide bonds. The van der Waals surface area contributed by atoms with Crippen LogP contribution in [0.25, 0.3) is 5.78 Å². The fourth-order valence-electron chi connectivity index (χ4n) is 2.44. The van der Waals surface area contributed by atoms with Crippen molar-refractivity contribution < 1.29 is 22.0 Å². The molecule has 14 heteroatoms. The molecule has 0 aliphatic heterocycles. The molecule has 0 aliphatic carbocycles. The Morgan fingerprint density at radius 2 is 1.76 bits per heavy atom. The number of para-hydroxylation sites is 1. The number of aromatic nitrogens is 4. The van der Waals surface area contributed by atoms with E-state index in [0.29, 0.717) is 18.8 Å². The van der Waals surface area contributed by atoms with Crippen molar-refractivity contribution in [3.8, 4) is 0 Å². The fourth-order valence-corrected chi connectivity index (χ4v) is 3.67. The maximum absolute atomic E-state index is 13.5. The summed E-state index contributed by atoms with van der Waals surface area (Å²) in [5.41, 5.74) is -0.164. The number of nitrogens with zero attached hydrogens (tertiary/aromatic N) is 5. The van der Waals surface area contributed by atoms with Gasteiger partial charge in [0.2, 0.25) is 0 Å². The highest BCUT2D eigenvalue weighted by atomic mass is 35.5. The summed E-state index contributed by atoms with van der Waals surface area (Å²) in [4.78, 5) is 19.4. The molecule has 0 aliphatic rings. The number of anilines is 1. The molecule has 9 nitrogen and oxygen atoms in total. The largest absolute Gasteiger partial charge is 0.333 e. The molecular weight excluding hydrogens is 513 g/mol. The van der Waals surface area contributed by atoms with Crippen LogP contribution in [0.15, 0.2) is 60.9 Å². The molecule has 182 valence electrons. The van der Waals surface area contributed by atoms with E-state index in [1.165, 1.54) is 11.1 Å². The smallest absolute Gasteiger partial charge is 0.299 e. The molecule has 1 N–H and O–H groups in total. The Morgan fingerprint density at radius 3 is 2.29 bits per heavy atom. The van der Waals surface area contributed by atoms with Crippen LogP contribution in [0.4, 0.5) is 14.5 Å². The second kappa shape index (κ2) is 11.9. The van der Waals surface area contributed by atoms with Crippen molar-refractivity contribution in [2.24, 2.45) is 0 Å². The number of nitrogens with one attached hydrogen (secondary N) is 1. The van der Waals surface area contributed by atoms with E-state index < -0.39 is 37.3 Å². The molecule has 2 heterocycles. The van der Waals surface area contributed by atoms with Crippen molar-refractivity contribution >= 4 is 50.6 Å². The third-order valence-corrected chi connectivity index (χ3v) is 5.46. The van der Waals surface area contributed by atoms with Crippen molar-refractivity contribution in [2.45, 2.75) is 16.9 Å². The Kier molecular flexibility index (Phi) is 9.47. The van der Waals surface area contributed by atoms with Gasteiger partial charge in [-0.2, -0.15) is 13.4 Å². The number of hydrogen-bond acceptors (Lipinski definition) is 6. The normalized spacial score (nSPS) is 11.0. The van der Waals surface area contributed by atoms with Crippen molar-refractivity contribution in [2.75, 3.05) is 17.8 Å². The van der Waals surface area contributed by atoms with Gasteiger partial charge in [0.05, 0.1) is 0 Å². The zero-order valence-corrected chi connectivity index (χ0v) is 20.2. The van der Waals surface area contributed by atoms with E-state index >= 15 is 0 Å². The Bertz CT molecular complexity index is 1270. The van der Waals surface area contributed by atoms with Gasteiger partial charge in [-0.05, 0) is 25.1 Å². The lowest BCUT2D eigenvalue weighted by atomic mass is 10.3. The topological polar surface area (TPSA) is 110 Å². The monoisotopic (exact) mass is 532 g/mol. The first-order valence-corrected chi connectivity index (χ1v) is 11.8. The zero-order chi connectivity index (χ0) is 25.5. The molecule has 0 fully saturated rings. The van der Waals surface area contributed by atoms with Gasteiger partial charge in [0.1, 0.15) is 17.3 Å². The van der Waals surface area contributed by atoms with Gasteiger partial charge in [0, 0.05) is 25.0 Å². The first-order chi connectivity index (χ1) is 16.0. The summed E-state index contributed by atoms with van der Waals surface area (Å²) < 4.78 is 54.3. The SMILES string of the molecule is C=CCN(CC=C)C(=O)C(Cl)Cl.Cc1ccn2nc(S(=O)(=O)Nc3c(F)cccc3F)nc2n1. The molecule has 0 radical (unpaired) electrons. The standard InChI is InChI=1S/C12H9F2N5O2S.C8H11Cl2NO/c1-7-5-6-19-11(15-7)16-12(17-19)22(20,21)18-10-8(13)3-2-4-9(10)14;1-3-5-11(6-4-2)8(12)7(9)10/h2-6,18H,1H3;3-4,7H,1-2,5-6H2. The number of amides is 1. The van der Waals surface area contributed by atoms with Gasteiger partial charge in [-0.3, -0.25) is 9.52 Å². The summed E-state index contributed by atoms with van der Waals surface area (Å²) in [5, 5.41) is 3.10. The third kappa shape index (κ3) is 6.95. The first kappa shape index (κ1) is 27.2. The van der Waals surface area contributed by atoms with Gasteiger partial charge >= 0.3 is 0 Å². The second-order valence-corrected chi connectivity index (χ2v) is 9.20. The maximum atomic E-state index is 13.5. The minimum atomic E-state index is -4.35. The molecule has 0 atom stereocenters. The number of carbonyl (C=O) groups is 1. The summed E-state index contributed by atoms with van der Waals surface area (Å²) in [6, 6.07) is 4.60. The van der Waals surface area contributed by atoms with Crippen LogP contribution in [0, 0.1) is 18.6 Å². The number of sulfonamides is 1. The Morgan fingerprint density at radius 1 is 1.18 bits per heavy atom. The van der Waals surface area contributed by atoms with Crippen LogP contribution in [0.1, 0.15) is 5.69 Å². The Labute approximate surface area is 204 Å². The zero-order valence-electron chi connectivity index (χ0n) is 17.8. The van der Waals surface area contributed by atoms with Gasteiger partial charge < -0.3 is 4.90 Å². The molecule has 1 aromatic carbocycles. The predicted molar refractivity (Wildman–Crippen MR) is 125 cm³/mol. The summed E-state index contributed by atoms with van der Waals surface area (Å²) in [6.45, 7) is 9.59. The van der Waals surface area contributed by atoms with Crippen molar-refractivity contribution in [3.63, 3.8) is 0 Å². The molecule has 3 aromatic rings. The molecule has 2 aromatic heterocycles. The first-order valence-electron chi connectivity index (χ1n) is 9.45. The minimum Gasteiger partial charge on any atom is -0.333 e. The van der Waals surface area contributed by atoms with Crippen LogP contribution in [-0.2, 0) is 14.8 Å². The van der Waals surface area contributed by atoms with Gasteiger partial charge in [-0.15, -0.1) is 18.3 Å². The third-order valence-electron chi connectivity index (χ3n) is 3.96. The van der Waals surface area contributed by atoms with E-state index in [1.807, 2.05) is 0 Å². The molecule has 0 saturated carbocycles. The number of carbonyl (C=O) groups excluding carboxylic acids is 1. The van der Waals surface area contributed by atoms with E-state index in [-0.39, 0.29) is 11.7 Å². The van der Waals surface area contributed by atoms with Crippen LogP contribution >= 0.6 is 23.2 Å². The van der Waals surface area contributed by atoms with E-state index in [2.05, 4.69) is 28.2 Å². The number of hydrogen-bond donors (Lipinski definition) is 1. The van der Waals surface area contributed by atoms with E-state index in [9.17, 15) is 22.0 Å². The molecular formula is C20H20Cl2F2N6O3S. The summed E-state index contributed by atoms with van der Waals surface area (Å²) in [6.07, 6.45) is 4.70. The maximum Gasteiger partial charge on any atom is 0.299 e. The molecule has 34 heavy (non-hydrogen) atoms. The van der Waals surface area contributed by atoms with Crippen LogP contribution in [-0.4, -0.2) is 56.7 Å². The second-order valence-electron chi connectivity index (χ2n) is 6.53. The van der Waals surface area contributed by atoms with Crippen molar-refractivity contribution in [3.05, 3.63) is 73.1 Å². The molecule has 0 saturated heterocycles. The quantitative estimate of drug-likeness (QED) is 0.351. The van der Waals surface area contributed by atoms with Crippen molar-refractivity contribution in [1.82, 2.24) is 24.5 Å². The number of fused-ring (bicyclic) bond motifs is 1. The number of halogens is 4. The average molecular weight is 533 g/mol. The van der Waals surface area contributed by atoms with Crippen LogP contribution in [0.3, 0.4) is 0 Å². The van der Waals surface area contributed by atoms with Crippen molar-refractivity contribution in [1.29, 1.82) is 0 Å². The average Bonchev–Trinajstić information content (AvgIpc) is 3.20. The van der Waals surface area contributed by atoms with Gasteiger partial charge in [-0.25, -0.2) is 18.3 Å². The molecule has 0 spiro atoms. The number of rotatable bonds is 8. The summed E-state index contributed by atoms with van der Waals surface area (Å²) in [5.74, 6) is -2.34. The van der Waals surface area contributed by atoms with E-state index in [1.54, 1.807) is 29.9 Å². The van der Waals surface area contributed by atoms with Crippen LogP contribution < -0.4 is 4.72 Å². The highest BCUT2D eigenvalue weighted by Crippen LogP contribution is 2.21. The lowest BCUT2D eigenvalue weighted by Crippen LogP contribution is -2.35. The summed E-state index contributed by atoms with van der Waals surface area (Å²) >= 11 is 10.8. The Balaban J connectivity index is 0.000000292.